The summed E-state index contributed by atoms with van der Waals surface area (Å²) in [5, 5.41) is 2.81. The topological polar surface area (TPSA) is 75.6 Å². The van der Waals surface area contributed by atoms with E-state index in [2.05, 4.69) is 18.8 Å². The molecule has 1 aromatic carbocycles. The van der Waals surface area contributed by atoms with Crippen LogP contribution >= 0.6 is 11.3 Å². The molecule has 0 saturated carbocycles. The van der Waals surface area contributed by atoms with Gasteiger partial charge in [0.25, 0.3) is 5.91 Å². The van der Waals surface area contributed by atoms with Crippen molar-refractivity contribution in [1.82, 2.24) is 14.9 Å². The van der Waals surface area contributed by atoms with E-state index in [1.807, 2.05) is 53.6 Å². The summed E-state index contributed by atoms with van der Waals surface area (Å²) in [7, 11) is 0. The molecule has 0 radical (unpaired) electrons. The van der Waals surface area contributed by atoms with Crippen molar-refractivity contribution in [2.24, 2.45) is 0 Å². The second-order valence-electron chi connectivity index (χ2n) is 8.26. The highest BCUT2D eigenvalue weighted by Gasteiger charge is 2.35. The van der Waals surface area contributed by atoms with Crippen LogP contribution in [0.25, 0.3) is 22.0 Å². The van der Waals surface area contributed by atoms with E-state index in [9.17, 15) is 9.59 Å². The first-order chi connectivity index (χ1) is 16.5. The van der Waals surface area contributed by atoms with E-state index in [0.717, 1.165) is 34.8 Å². The normalized spacial score (nSPS) is 15.1. The van der Waals surface area contributed by atoms with Crippen molar-refractivity contribution in [2.45, 2.75) is 46.1 Å². The SMILES string of the molecule is CCCN(CCC)C(=O)CN1C(=O)C(CC)Oc2ccc(-c3csc(-c4ccccn4)n3)cc21. The van der Waals surface area contributed by atoms with Gasteiger partial charge < -0.3 is 9.64 Å². The van der Waals surface area contributed by atoms with E-state index in [1.54, 1.807) is 11.1 Å². The number of fused-ring (bicyclic) bond motifs is 1. The Kier molecular flexibility index (Phi) is 7.57. The van der Waals surface area contributed by atoms with Gasteiger partial charge in [0.05, 0.1) is 17.1 Å². The predicted molar refractivity (Wildman–Crippen MR) is 135 cm³/mol. The van der Waals surface area contributed by atoms with Crippen LogP contribution < -0.4 is 9.64 Å². The fourth-order valence-corrected chi connectivity index (χ4v) is 4.86. The molecule has 0 spiro atoms. The van der Waals surface area contributed by atoms with Gasteiger partial charge in [-0.05, 0) is 49.6 Å². The molecule has 0 fully saturated rings. The van der Waals surface area contributed by atoms with Gasteiger partial charge in [-0.3, -0.25) is 19.5 Å². The molecular weight excluding hydrogens is 448 g/mol. The first-order valence-electron chi connectivity index (χ1n) is 11.8. The van der Waals surface area contributed by atoms with E-state index in [4.69, 9.17) is 9.72 Å². The minimum Gasteiger partial charge on any atom is -0.478 e. The van der Waals surface area contributed by atoms with Crippen LogP contribution in [0.15, 0.2) is 48.0 Å². The number of nitrogens with zero attached hydrogens (tertiary/aromatic N) is 4. The Balaban J connectivity index is 1.66. The van der Waals surface area contributed by atoms with E-state index in [0.29, 0.717) is 30.9 Å². The summed E-state index contributed by atoms with van der Waals surface area (Å²) in [6, 6.07) is 11.4. The zero-order valence-electron chi connectivity index (χ0n) is 19.9. The molecule has 2 aromatic heterocycles. The average Bonchev–Trinajstić information content (AvgIpc) is 3.36. The molecule has 8 heteroatoms. The van der Waals surface area contributed by atoms with Crippen molar-refractivity contribution < 1.29 is 14.3 Å². The Morgan fingerprint density at radius 1 is 1.12 bits per heavy atom. The number of carbonyl (C=O) groups is 2. The van der Waals surface area contributed by atoms with Gasteiger partial charge in [0, 0.05) is 30.2 Å². The van der Waals surface area contributed by atoms with Gasteiger partial charge in [0.1, 0.15) is 17.3 Å². The van der Waals surface area contributed by atoms with Crippen LogP contribution in [0.4, 0.5) is 5.69 Å². The van der Waals surface area contributed by atoms with Crippen LogP contribution in [0, 0.1) is 0 Å². The lowest BCUT2D eigenvalue weighted by atomic mass is 10.1. The summed E-state index contributed by atoms with van der Waals surface area (Å²) >= 11 is 1.52. The fraction of sp³-hybridized carbons (Fsp3) is 0.385. The van der Waals surface area contributed by atoms with Crippen molar-refractivity contribution in [1.29, 1.82) is 0 Å². The molecule has 1 unspecified atom stereocenters. The zero-order valence-corrected chi connectivity index (χ0v) is 20.7. The Morgan fingerprint density at radius 2 is 1.91 bits per heavy atom. The summed E-state index contributed by atoms with van der Waals surface area (Å²) in [5.41, 5.74) is 3.09. The van der Waals surface area contributed by atoms with E-state index < -0.39 is 6.10 Å². The van der Waals surface area contributed by atoms with Crippen molar-refractivity contribution in [2.75, 3.05) is 24.5 Å². The smallest absolute Gasteiger partial charge is 0.268 e. The number of pyridine rings is 1. The standard InChI is InChI=1S/C26H30N4O3S/c1-4-13-29(14-5-2)24(31)16-30-21-15-18(10-11-23(21)33-22(6-3)26(30)32)20-17-34-25(28-20)19-9-7-8-12-27-19/h7-12,15,17,22H,4-6,13-14,16H2,1-3H3. The maximum Gasteiger partial charge on any atom is 0.268 e. The molecular formula is C26H30N4O3S. The van der Waals surface area contributed by atoms with Crippen molar-refractivity contribution in [3.05, 3.63) is 48.0 Å². The molecule has 178 valence electrons. The second-order valence-corrected chi connectivity index (χ2v) is 9.11. The number of aromatic nitrogens is 2. The molecule has 0 N–H and O–H groups in total. The monoisotopic (exact) mass is 478 g/mol. The zero-order chi connectivity index (χ0) is 24.1. The Labute approximate surface area is 204 Å². The van der Waals surface area contributed by atoms with E-state index in [1.165, 1.54) is 11.3 Å². The lowest BCUT2D eigenvalue weighted by Gasteiger charge is -2.35. The second kappa shape index (κ2) is 10.8. The summed E-state index contributed by atoms with van der Waals surface area (Å²) in [6.07, 6.45) is 3.45. The van der Waals surface area contributed by atoms with Gasteiger partial charge in [0.15, 0.2) is 6.10 Å². The van der Waals surface area contributed by atoms with Crippen LogP contribution in [0.3, 0.4) is 0 Å². The van der Waals surface area contributed by atoms with Gasteiger partial charge >= 0.3 is 0 Å². The Morgan fingerprint density at radius 3 is 2.59 bits per heavy atom. The van der Waals surface area contributed by atoms with Gasteiger partial charge in [-0.2, -0.15) is 0 Å². The number of hydrogen-bond acceptors (Lipinski definition) is 6. The number of ether oxygens (including phenoxy) is 1. The van der Waals surface area contributed by atoms with Crippen molar-refractivity contribution in [3.8, 4) is 27.7 Å². The minimum absolute atomic E-state index is 0.00535. The molecule has 0 saturated heterocycles. The number of rotatable bonds is 9. The third-order valence-electron chi connectivity index (χ3n) is 5.75. The summed E-state index contributed by atoms with van der Waals surface area (Å²) in [4.78, 5) is 38.9. The lowest BCUT2D eigenvalue weighted by molar-refractivity contribution is -0.133. The van der Waals surface area contributed by atoms with E-state index in [-0.39, 0.29) is 18.4 Å². The van der Waals surface area contributed by atoms with Gasteiger partial charge in [-0.15, -0.1) is 11.3 Å². The van der Waals surface area contributed by atoms with Crippen LogP contribution in [0.1, 0.15) is 40.0 Å². The number of benzene rings is 1. The summed E-state index contributed by atoms with van der Waals surface area (Å²) in [6.45, 7) is 7.40. The molecule has 7 nitrogen and oxygen atoms in total. The number of amides is 2. The maximum atomic E-state index is 13.2. The molecule has 0 aliphatic carbocycles. The number of carbonyl (C=O) groups excluding carboxylic acids is 2. The summed E-state index contributed by atoms with van der Waals surface area (Å²) < 4.78 is 5.98. The molecule has 3 heterocycles. The average molecular weight is 479 g/mol. The fourth-order valence-electron chi connectivity index (χ4n) is 4.05. The highest BCUT2D eigenvalue weighted by Crippen LogP contribution is 2.39. The van der Waals surface area contributed by atoms with Crippen LogP contribution in [-0.4, -0.2) is 52.4 Å². The first kappa shape index (κ1) is 23.9. The van der Waals surface area contributed by atoms with E-state index >= 15 is 0 Å². The first-order valence-corrected chi connectivity index (χ1v) is 12.7. The maximum absolute atomic E-state index is 13.2. The highest BCUT2D eigenvalue weighted by atomic mass is 32.1. The quantitative estimate of drug-likeness (QED) is 0.431. The number of thiazole rings is 1. The van der Waals surface area contributed by atoms with Crippen LogP contribution in [0.5, 0.6) is 5.75 Å². The van der Waals surface area contributed by atoms with Gasteiger partial charge in [-0.25, -0.2) is 4.98 Å². The molecule has 4 rings (SSSR count). The molecule has 3 aromatic rings. The molecule has 0 bridgehead atoms. The largest absolute Gasteiger partial charge is 0.478 e. The molecule has 2 amide bonds. The third-order valence-corrected chi connectivity index (χ3v) is 6.61. The third kappa shape index (κ3) is 4.97. The molecule has 1 aliphatic heterocycles. The Bertz CT molecular complexity index is 1140. The highest BCUT2D eigenvalue weighted by molar-refractivity contribution is 7.13. The van der Waals surface area contributed by atoms with Crippen molar-refractivity contribution >= 4 is 28.8 Å². The molecule has 34 heavy (non-hydrogen) atoms. The minimum atomic E-state index is -0.591. The number of hydrogen-bond donors (Lipinski definition) is 0. The Hall–Kier alpha value is -3.26. The van der Waals surface area contributed by atoms with Crippen LogP contribution in [0.2, 0.25) is 0 Å². The van der Waals surface area contributed by atoms with Gasteiger partial charge in [-0.1, -0.05) is 26.8 Å². The number of anilines is 1. The lowest BCUT2D eigenvalue weighted by Crippen LogP contribution is -2.50. The van der Waals surface area contributed by atoms with Gasteiger partial charge in [0.2, 0.25) is 5.91 Å². The molecule has 1 aliphatic rings. The van der Waals surface area contributed by atoms with Crippen LogP contribution in [-0.2, 0) is 9.59 Å². The predicted octanol–water partition coefficient (Wildman–Crippen LogP) is 5.02. The van der Waals surface area contributed by atoms with Crippen molar-refractivity contribution in [3.63, 3.8) is 0 Å². The molecule has 1 atom stereocenters. The summed E-state index contributed by atoms with van der Waals surface area (Å²) in [5.74, 6) is 0.387.